The molecule has 40 heavy (non-hydrogen) atoms. The predicted molar refractivity (Wildman–Crippen MR) is 146 cm³/mol. The first-order chi connectivity index (χ1) is 18.2. The van der Waals surface area contributed by atoms with E-state index in [4.69, 9.17) is 9.47 Å². The van der Waals surface area contributed by atoms with Gasteiger partial charge in [0.2, 0.25) is 0 Å². The summed E-state index contributed by atoms with van der Waals surface area (Å²) in [6, 6.07) is 0.239. The van der Waals surface area contributed by atoms with Crippen LogP contribution in [0.2, 0.25) is 0 Å². The number of amides is 3. The second-order valence-electron chi connectivity index (χ2n) is 12.2. The summed E-state index contributed by atoms with van der Waals surface area (Å²) in [6.07, 6.45) is -0.795. The molecule has 2 atom stereocenters. The summed E-state index contributed by atoms with van der Waals surface area (Å²) >= 11 is 0. The Kier molecular flexibility index (Phi) is 8.54. The molecule has 224 valence electrons. The molecule has 1 aromatic carbocycles. The number of rotatable bonds is 6. The topological polar surface area (TPSA) is 146 Å². The molecule has 0 bridgehead atoms. The third-order valence-electron chi connectivity index (χ3n) is 6.33. The normalized spacial score (nSPS) is 19.2. The van der Waals surface area contributed by atoms with E-state index in [0.29, 0.717) is 10.8 Å². The number of aromatic hydroxyl groups is 1. The highest BCUT2D eigenvalue weighted by atomic mass is 32.2. The van der Waals surface area contributed by atoms with Crippen LogP contribution in [-0.4, -0.2) is 73.4 Å². The van der Waals surface area contributed by atoms with Crippen LogP contribution in [-0.2, 0) is 30.9 Å². The summed E-state index contributed by atoms with van der Waals surface area (Å²) < 4.78 is 54.2. The zero-order valence-electron chi connectivity index (χ0n) is 24.2. The number of nitrogens with one attached hydrogen (secondary N) is 1. The third kappa shape index (κ3) is 6.88. The lowest BCUT2D eigenvalue weighted by molar-refractivity contribution is -0.117. The van der Waals surface area contributed by atoms with Gasteiger partial charge in [-0.3, -0.25) is 9.69 Å². The van der Waals surface area contributed by atoms with E-state index in [1.165, 1.54) is 9.80 Å². The number of anilines is 2. The van der Waals surface area contributed by atoms with Gasteiger partial charge in [0.25, 0.3) is 5.91 Å². The molecule has 3 rings (SSSR count). The standard InChI is InChI=1S/C26H39FN4O8S/c1-9-15(2)12-29(23(34)38-25(3,4)5)13-16-10-17-18(31(16)24(35)39-26(6,7)8)11-19(32)22(21(17)27)30-14-20(33)28-40(30,36)37/h11,15-16,32H,9-10,12-14H2,1-8H3,(H,28,33)/t15?,16-/m1/s1. The molecule has 1 fully saturated rings. The van der Waals surface area contributed by atoms with E-state index >= 15 is 4.39 Å². The van der Waals surface area contributed by atoms with E-state index in [9.17, 15) is 27.9 Å². The Morgan fingerprint density at radius 3 is 2.30 bits per heavy atom. The van der Waals surface area contributed by atoms with Crippen molar-refractivity contribution in [2.75, 3.05) is 28.8 Å². The minimum atomic E-state index is -4.42. The lowest BCUT2D eigenvalue weighted by atomic mass is 10.1. The summed E-state index contributed by atoms with van der Waals surface area (Å²) in [5.41, 5.74) is -2.49. The first-order valence-electron chi connectivity index (χ1n) is 13.1. The smallest absolute Gasteiger partial charge is 0.415 e. The van der Waals surface area contributed by atoms with Crippen molar-refractivity contribution in [1.29, 1.82) is 0 Å². The summed E-state index contributed by atoms with van der Waals surface area (Å²) in [4.78, 5) is 41.0. The maximum atomic E-state index is 16.0. The van der Waals surface area contributed by atoms with Gasteiger partial charge in [0.05, 0.1) is 11.7 Å². The van der Waals surface area contributed by atoms with Gasteiger partial charge in [-0.25, -0.2) is 23.0 Å². The van der Waals surface area contributed by atoms with Crippen molar-refractivity contribution in [2.24, 2.45) is 5.92 Å². The quantitative estimate of drug-likeness (QED) is 0.514. The van der Waals surface area contributed by atoms with Gasteiger partial charge in [-0.2, -0.15) is 8.42 Å². The van der Waals surface area contributed by atoms with Crippen molar-refractivity contribution >= 4 is 39.7 Å². The summed E-state index contributed by atoms with van der Waals surface area (Å²) in [6.45, 7) is 13.7. The number of phenols is 1. The van der Waals surface area contributed by atoms with Gasteiger partial charge in [0.15, 0.2) is 5.82 Å². The van der Waals surface area contributed by atoms with Crippen molar-refractivity contribution in [3.8, 4) is 5.75 Å². The fourth-order valence-corrected chi connectivity index (χ4v) is 5.65. The van der Waals surface area contributed by atoms with Crippen molar-refractivity contribution in [1.82, 2.24) is 9.62 Å². The zero-order chi connectivity index (χ0) is 30.4. The fraction of sp³-hybridized carbons (Fsp3) is 0.654. The lowest BCUT2D eigenvalue weighted by Gasteiger charge is -2.34. The van der Waals surface area contributed by atoms with Crippen LogP contribution in [0.5, 0.6) is 5.75 Å². The molecule has 12 nitrogen and oxygen atoms in total. The highest BCUT2D eigenvalue weighted by Gasteiger charge is 2.44. The summed E-state index contributed by atoms with van der Waals surface area (Å²) in [5.74, 6) is -2.68. The first-order valence-corrected chi connectivity index (χ1v) is 14.6. The number of hydrogen-bond donors (Lipinski definition) is 2. The van der Waals surface area contributed by atoms with Crippen molar-refractivity contribution in [3.63, 3.8) is 0 Å². The van der Waals surface area contributed by atoms with Gasteiger partial charge >= 0.3 is 22.4 Å². The Morgan fingerprint density at radius 1 is 1.20 bits per heavy atom. The zero-order valence-corrected chi connectivity index (χ0v) is 25.0. The molecule has 3 amide bonds. The van der Waals surface area contributed by atoms with Crippen LogP contribution < -0.4 is 13.9 Å². The predicted octanol–water partition coefficient (Wildman–Crippen LogP) is 3.66. The van der Waals surface area contributed by atoms with Crippen LogP contribution in [0, 0.1) is 11.7 Å². The molecule has 0 spiro atoms. The minimum Gasteiger partial charge on any atom is -0.506 e. The Labute approximate surface area is 234 Å². The molecule has 2 aliphatic heterocycles. The SMILES string of the molecule is CCC(C)CN(C[C@H]1Cc2c(cc(O)c(N3CC(=O)NS3(=O)=O)c2F)N1C(=O)OC(C)(C)C)C(=O)OC(C)(C)C. The van der Waals surface area contributed by atoms with E-state index in [2.05, 4.69) is 0 Å². The number of benzene rings is 1. The molecule has 2 heterocycles. The largest absolute Gasteiger partial charge is 0.506 e. The van der Waals surface area contributed by atoms with E-state index in [1.807, 2.05) is 13.8 Å². The number of carbonyl (C=O) groups excluding carboxylic acids is 3. The average molecular weight is 587 g/mol. The molecule has 14 heteroatoms. The van der Waals surface area contributed by atoms with E-state index < -0.39 is 69.3 Å². The number of fused-ring (bicyclic) bond motifs is 1. The van der Waals surface area contributed by atoms with Gasteiger partial charge in [0.1, 0.15) is 29.2 Å². The molecular formula is C26H39FN4O8S. The van der Waals surface area contributed by atoms with E-state index in [0.717, 1.165) is 12.5 Å². The van der Waals surface area contributed by atoms with Crippen molar-refractivity contribution in [2.45, 2.75) is 85.5 Å². The average Bonchev–Trinajstić information content (AvgIpc) is 3.26. The van der Waals surface area contributed by atoms with Gasteiger partial charge in [-0.15, -0.1) is 0 Å². The van der Waals surface area contributed by atoms with Crippen molar-refractivity contribution < 1.29 is 41.8 Å². The molecule has 1 aromatic rings. The highest BCUT2D eigenvalue weighted by Crippen LogP contribution is 2.45. The monoisotopic (exact) mass is 586 g/mol. The molecule has 0 aliphatic carbocycles. The molecule has 0 radical (unpaired) electrons. The van der Waals surface area contributed by atoms with E-state index in [-0.39, 0.29) is 30.1 Å². The number of phenolic OH excluding ortho intramolecular Hbond substituents is 1. The minimum absolute atomic E-state index is 0.0263. The molecular weight excluding hydrogens is 547 g/mol. The van der Waals surface area contributed by atoms with Crippen LogP contribution in [0.15, 0.2) is 6.07 Å². The Balaban J connectivity index is 2.09. The van der Waals surface area contributed by atoms with Gasteiger partial charge in [-0.05, 0) is 47.5 Å². The van der Waals surface area contributed by atoms with Gasteiger partial charge in [-0.1, -0.05) is 20.3 Å². The molecule has 1 unspecified atom stereocenters. The van der Waals surface area contributed by atoms with Gasteiger partial charge < -0.3 is 19.5 Å². The Morgan fingerprint density at radius 2 is 1.80 bits per heavy atom. The number of halogens is 1. The number of nitrogens with zero attached hydrogens (tertiary/aromatic N) is 3. The second-order valence-corrected chi connectivity index (χ2v) is 13.8. The molecule has 0 saturated carbocycles. The maximum Gasteiger partial charge on any atom is 0.415 e. The highest BCUT2D eigenvalue weighted by molar-refractivity contribution is 7.92. The second kappa shape index (κ2) is 10.9. The summed E-state index contributed by atoms with van der Waals surface area (Å²) in [7, 11) is -4.42. The molecule has 2 N–H and O–H groups in total. The molecule has 2 aliphatic rings. The van der Waals surface area contributed by atoms with Crippen LogP contribution >= 0.6 is 0 Å². The number of carbonyl (C=O) groups is 3. The first kappa shape index (κ1) is 31.2. The van der Waals surface area contributed by atoms with Crippen molar-refractivity contribution in [3.05, 3.63) is 17.4 Å². The summed E-state index contributed by atoms with van der Waals surface area (Å²) in [5, 5.41) is 10.8. The molecule has 0 aromatic heterocycles. The maximum absolute atomic E-state index is 16.0. The number of hydrogen-bond acceptors (Lipinski definition) is 8. The fourth-order valence-electron chi connectivity index (χ4n) is 4.48. The van der Waals surface area contributed by atoms with Gasteiger partial charge in [0, 0.05) is 31.1 Å². The van der Waals surface area contributed by atoms with Crippen LogP contribution in [0.3, 0.4) is 0 Å². The van der Waals surface area contributed by atoms with Crippen LogP contribution in [0.4, 0.5) is 25.4 Å². The van der Waals surface area contributed by atoms with Crippen LogP contribution in [0.25, 0.3) is 0 Å². The Hall–Kier alpha value is -3.29. The lowest BCUT2D eigenvalue weighted by Crippen LogP contribution is -2.50. The van der Waals surface area contributed by atoms with Crippen LogP contribution in [0.1, 0.15) is 67.4 Å². The number of ether oxygens (including phenoxy) is 2. The van der Waals surface area contributed by atoms with E-state index in [1.54, 1.807) is 46.3 Å². The molecule has 1 saturated heterocycles. The third-order valence-corrected chi connectivity index (χ3v) is 7.71. The Bertz CT molecular complexity index is 1290.